The van der Waals surface area contributed by atoms with E-state index in [1.165, 1.54) is 0 Å². The minimum absolute atomic E-state index is 0. The highest BCUT2D eigenvalue weighted by Crippen LogP contribution is 2.14. The number of nitrogens with one attached hydrogen (secondary N) is 2. The summed E-state index contributed by atoms with van der Waals surface area (Å²) in [6.07, 6.45) is 1.87. The van der Waals surface area contributed by atoms with Crippen molar-refractivity contribution in [3.05, 3.63) is 34.3 Å². The van der Waals surface area contributed by atoms with Crippen LogP contribution in [0.15, 0.2) is 28.7 Å². The summed E-state index contributed by atoms with van der Waals surface area (Å²) in [6.45, 7) is 2.94. The molecule has 0 aromatic heterocycles. The Labute approximate surface area is 152 Å². The number of piperidine rings is 1. The van der Waals surface area contributed by atoms with Gasteiger partial charge in [-0.15, -0.1) is 12.4 Å². The van der Waals surface area contributed by atoms with Crippen LogP contribution in [0.3, 0.4) is 0 Å². The second kappa shape index (κ2) is 9.01. The molecule has 1 aromatic carbocycles. The number of amides is 1. The maximum Gasteiger partial charge on any atom is 0.235 e. The molecule has 2 unspecified atom stereocenters. The molecule has 1 amide bonds. The van der Waals surface area contributed by atoms with Gasteiger partial charge in [0.05, 0.1) is 5.75 Å². The van der Waals surface area contributed by atoms with Gasteiger partial charge in [0.25, 0.3) is 0 Å². The number of benzene rings is 1. The molecule has 23 heavy (non-hydrogen) atoms. The summed E-state index contributed by atoms with van der Waals surface area (Å²) in [5.74, 6) is -1.02. The van der Waals surface area contributed by atoms with Gasteiger partial charge in [0, 0.05) is 16.6 Å². The summed E-state index contributed by atoms with van der Waals surface area (Å²) >= 11 is 3.31. The third-order valence-electron chi connectivity index (χ3n) is 3.73. The molecule has 1 aromatic rings. The average Bonchev–Trinajstić information content (AvgIpc) is 2.40. The first kappa shape index (κ1) is 20.4. The topological polar surface area (TPSA) is 75.3 Å². The molecule has 2 rings (SSSR count). The molecule has 2 atom stereocenters. The van der Waals surface area contributed by atoms with Crippen LogP contribution in [-0.2, 0) is 20.4 Å². The van der Waals surface area contributed by atoms with Gasteiger partial charge in [-0.25, -0.2) is 8.42 Å². The number of rotatable bonds is 5. The Morgan fingerprint density at radius 2 is 2.17 bits per heavy atom. The van der Waals surface area contributed by atoms with Crippen LogP contribution in [0.2, 0.25) is 0 Å². The zero-order valence-electron chi connectivity index (χ0n) is 12.9. The number of hydrogen-bond donors (Lipinski definition) is 2. The number of carbonyl (C=O) groups is 1. The van der Waals surface area contributed by atoms with Gasteiger partial charge < -0.3 is 10.6 Å². The molecule has 1 aliphatic heterocycles. The Balaban J connectivity index is 0.00000264. The maximum atomic E-state index is 12.2. The summed E-state index contributed by atoms with van der Waals surface area (Å²) in [6, 6.07) is 7.29. The molecule has 0 saturated carbocycles. The molecule has 1 saturated heterocycles. The summed E-state index contributed by atoms with van der Waals surface area (Å²) in [5, 5.41) is 6.11. The van der Waals surface area contributed by atoms with Crippen molar-refractivity contribution in [2.24, 2.45) is 0 Å². The molecule has 130 valence electrons. The largest absolute Gasteiger partial charge is 0.351 e. The van der Waals surface area contributed by atoms with Crippen molar-refractivity contribution >= 4 is 44.1 Å². The number of sulfone groups is 1. The number of halogens is 2. The molecule has 2 N–H and O–H groups in total. The van der Waals surface area contributed by atoms with E-state index in [0.717, 1.165) is 23.9 Å². The van der Waals surface area contributed by atoms with Crippen molar-refractivity contribution < 1.29 is 13.2 Å². The van der Waals surface area contributed by atoms with Gasteiger partial charge in [-0.2, -0.15) is 0 Å². The maximum absolute atomic E-state index is 12.2. The van der Waals surface area contributed by atoms with Crippen molar-refractivity contribution in [2.45, 2.75) is 37.6 Å². The molecular weight excluding hydrogens is 404 g/mol. The van der Waals surface area contributed by atoms with Crippen LogP contribution in [0, 0.1) is 0 Å². The highest BCUT2D eigenvalue weighted by molar-refractivity contribution is 9.10. The van der Waals surface area contributed by atoms with E-state index < -0.39 is 21.5 Å². The Bertz CT molecular complexity index is 639. The van der Waals surface area contributed by atoms with E-state index >= 15 is 0 Å². The normalized spacial score (nSPS) is 21.3. The third kappa shape index (κ3) is 6.79. The molecule has 0 aliphatic carbocycles. The lowest BCUT2D eigenvalue weighted by Crippen LogP contribution is -2.52. The van der Waals surface area contributed by atoms with Gasteiger partial charge in [-0.05, 0) is 44.0 Å². The smallest absolute Gasteiger partial charge is 0.235 e. The Morgan fingerprint density at radius 3 is 2.83 bits per heavy atom. The van der Waals surface area contributed by atoms with Crippen LogP contribution in [-0.4, -0.2) is 38.7 Å². The first-order valence-electron chi connectivity index (χ1n) is 7.33. The summed E-state index contributed by atoms with van der Waals surface area (Å²) < 4.78 is 25.1. The summed E-state index contributed by atoms with van der Waals surface area (Å²) in [5.41, 5.74) is 0.676. The van der Waals surface area contributed by atoms with Gasteiger partial charge in [0.2, 0.25) is 5.91 Å². The monoisotopic (exact) mass is 424 g/mol. The second-order valence-electron chi connectivity index (χ2n) is 5.72. The van der Waals surface area contributed by atoms with E-state index in [-0.39, 0.29) is 30.2 Å². The zero-order chi connectivity index (χ0) is 16.2. The van der Waals surface area contributed by atoms with Crippen LogP contribution >= 0.6 is 28.3 Å². The fourth-order valence-electron chi connectivity index (χ4n) is 2.62. The molecule has 0 radical (unpaired) electrons. The Kier molecular flexibility index (Phi) is 8.00. The van der Waals surface area contributed by atoms with Crippen LogP contribution in [0.1, 0.15) is 25.3 Å². The molecule has 0 spiro atoms. The lowest BCUT2D eigenvalue weighted by Gasteiger charge is -2.30. The molecule has 5 nitrogen and oxygen atoms in total. The van der Waals surface area contributed by atoms with Crippen LogP contribution < -0.4 is 10.6 Å². The van der Waals surface area contributed by atoms with Crippen molar-refractivity contribution in [1.29, 1.82) is 0 Å². The number of carbonyl (C=O) groups excluding carboxylic acids is 1. The predicted octanol–water partition coefficient (Wildman–Crippen LogP) is 2.04. The molecule has 1 heterocycles. The highest BCUT2D eigenvalue weighted by Gasteiger charge is 2.25. The second-order valence-corrected chi connectivity index (χ2v) is 8.70. The average molecular weight is 426 g/mol. The van der Waals surface area contributed by atoms with Crippen molar-refractivity contribution in [1.82, 2.24) is 10.6 Å². The van der Waals surface area contributed by atoms with E-state index in [2.05, 4.69) is 26.6 Å². The summed E-state index contributed by atoms with van der Waals surface area (Å²) in [4.78, 5) is 12.0. The fraction of sp³-hybridized carbons (Fsp3) is 0.533. The minimum Gasteiger partial charge on any atom is -0.351 e. The van der Waals surface area contributed by atoms with Gasteiger partial charge >= 0.3 is 0 Å². The molecule has 1 aliphatic rings. The lowest BCUT2D eigenvalue weighted by molar-refractivity contribution is -0.119. The van der Waals surface area contributed by atoms with Crippen LogP contribution in [0.5, 0.6) is 0 Å². The first-order valence-corrected chi connectivity index (χ1v) is 9.95. The van der Waals surface area contributed by atoms with E-state index in [1.807, 2.05) is 13.0 Å². The van der Waals surface area contributed by atoms with E-state index in [0.29, 0.717) is 5.56 Å². The van der Waals surface area contributed by atoms with E-state index in [1.54, 1.807) is 18.2 Å². The zero-order valence-corrected chi connectivity index (χ0v) is 16.1. The lowest BCUT2D eigenvalue weighted by atomic mass is 10.00. The van der Waals surface area contributed by atoms with Gasteiger partial charge in [0.1, 0.15) is 5.75 Å². The van der Waals surface area contributed by atoms with Gasteiger partial charge in [0.15, 0.2) is 9.84 Å². The molecule has 0 bridgehead atoms. The van der Waals surface area contributed by atoms with Crippen molar-refractivity contribution in [3.8, 4) is 0 Å². The Morgan fingerprint density at radius 1 is 1.43 bits per heavy atom. The van der Waals surface area contributed by atoms with Crippen LogP contribution in [0.4, 0.5) is 0 Å². The van der Waals surface area contributed by atoms with Crippen LogP contribution in [0.25, 0.3) is 0 Å². The third-order valence-corrected chi connectivity index (χ3v) is 5.70. The molecular formula is C15H22BrClN2O3S. The predicted molar refractivity (Wildman–Crippen MR) is 97.5 cm³/mol. The molecule has 8 heteroatoms. The first-order chi connectivity index (χ1) is 10.4. The Hall–Kier alpha value is -0.630. The van der Waals surface area contributed by atoms with Gasteiger partial charge in [-0.3, -0.25) is 4.79 Å². The minimum atomic E-state index is -3.47. The van der Waals surface area contributed by atoms with E-state index in [4.69, 9.17) is 0 Å². The standard InChI is InChI=1S/C15H21BrN2O3S.ClH/c1-11-14(6-3-7-17-11)18-15(19)10-22(20,21)9-12-4-2-5-13(16)8-12;/h2,4-5,8,11,14,17H,3,6-7,9-10H2,1H3,(H,18,19);1H. The highest BCUT2D eigenvalue weighted by atomic mass is 79.9. The molecule has 1 fully saturated rings. The van der Waals surface area contributed by atoms with Gasteiger partial charge in [-0.1, -0.05) is 28.1 Å². The summed E-state index contributed by atoms with van der Waals surface area (Å²) in [7, 11) is -3.47. The quantitative estimate of drug-likeness (QED) is 0.757. The van der Waals surface area contributed by atoms with Crippen molar-refractivity contribution in [3.63, 3.8) is 0 Å². The fourth-order valence-corrected chi connectivity index (χ4v) is 4.34. The SMILES string of the molecule is CC1NCCCC1NC(=O)CS(=O)(=O)Cc1cccc(Br)c1.Cl. The van der Waals surface area contributed by atoms with Crippen molar-refractivity contribution in [2.75, 3.05) is 12.3 Å². The number of hydrogen-bond acceptors (Lipinski definition) is 4. The van der Waals surface area contributed by atoms with E-state index in [9.17, 15) is 13.2 Å².